The Bertz CT molecular complexity index is 512. The van der Waals surface area contributed by atoms with Crippen LogP contribution in [0.4, 0.5) is 4.39 Å². The van der Waals surface area contributed by atoms with Gasteiger partial charge in [-0.25, -0.2) is 4.39 Å². The van der Waals surface area contributed by atoms with Crippen molar-refractivity contribution in [3.8, 4) is 5.75 Å². The maximum Gasteiger partial charge on any atom is 0.260 e. The molecule has 116 valence electrons. The Kier molecular flexibility index (Phi) is 6.34. The van der Waals surface area contributed by atoms with Crippen molar-refractivity contribution in [2.45, 2.75) is 52.7 Å². The minimum absolute atomic E-state index is 0.0350. The number of benzene rings is 1. The van der Waals surface area contributed by atoms with Crippen molar-refractivity contribution in [1.29, 1.82) is 0 Å². The molecule has 1 N–H and O–H groups in total. The number of ether oxygens (including phenoxy) is 1. The zero-order chi connectivity index (χ0) is 16.0. The monoisotopic (exact) mass is 295 g/mol. The molecule has 0 fully saturated rings. The van der Waals surface area contributed by atoms with Gasteiger partial charge in [0.05, 0.1) is 0 Å². The van der Waals surface area contributed by atoms with Gasteiger partial charge in [-0.1, -0.05) is 13.8 Å². The van der Waals surface area contributed by atoms with Crippen LogP contribution in [0.1, 0.15) is 50.9 Å². The first-order valence-corrected chi connectivity index (χ1v) is 7.16. The number of rotatable bonds is 7. The maximum atomic E-state index is 13.8. The van der Waals surface area contributed by atoms with E-state index in [0.29, 0.717) is 0 Å². The van der Waals surface area contributed by atoms with Crippen molar-refractivity contribution in [1.82, 2.24) is 5.32 Å². The van der Waals surface area contributed by atoms with Gasteiger partial charge < -0.3 is 10.1 Å². The third kappa shape index (κ3) is 4.85. The number of nitrogens with one attached hydrogen (secondary N) is 1. The summed E-state index contributed by atoms with van der Waals surface area (Å²) >= 11 is 0. The number of Topliss-reactive ketones (excluding diaryl/α,β-unsaturated/α-hetero) is 1. The van der Waals surface area contributed by atoms with Crippen molar-refractivity contribution in [3.05, 3.63) is 29.6 Å². The summed E-state index contributed by atoms with van der Waals surface area (Å²) < 4.78 is 19.2. The Morgan fingerprint density at radius 3 is 2.38 bits per heavy atom. The molecule has 0 aliphatic rings. The molecule has 0 heterocycles. The quantitative estimate of drug-likeness (QED) is 0.786. The predicted octanol–water partition coefficient (Wildman–Crippen LogP) is 3.10. The van der Waals surface area contributed by atoms with Gasteiger partial charge in [0.2, 0.25) is 0 Å². The molecule has 0 radical (unpaired) electrons. The molecule has 0 aliphatic heterocycles. The van der Waals surface area contributed by atoms with Crippen molar-refractivity contribution < 1.29 is 18.7 Å². The predicted molar refractivity (Wildman–Crippen MR) is 79.0 cm³/mol. The van der Waals surface area contributed by atoms with Crippen LogP contribution in [0.2, 0.25) is 0 Å². The summed E-state index contributed by atoms with van der Waals surface area (Å²) in [7, 11) is 0. The van der Waals surface area contributed by atoms with E-state index in [0.717, 1.165) is 18.9 Å². The summed E-state index contributed by atoms with van der Waals surface area (Å²) in [6.45, 7) is 6.90. The van der Waals surface area contributed by atoms with Crippen LogP contribution in [-0.4, -0.2) is 23.8 Å². The number of amides is 1. The lowest BCUT2D eigenvalue weighted by atomic mass is 10.1. The first kappa shape index (κ1) is 17.1. The number of ketones is 1. The molecule has 1 aromatic carbocycles. The SMILES string of the molecule is CCC(CC)NC(=O)C(C)Oc1ccc(C(C)=O)cc1F. The minimum Gasteiger partial charge on any atom is -0.478 e. The van der Waals surface area contributed by atoms with E-state index in [-0.39, 0.29) is 29.0 Å². The summed E-state index contributed by atoms with van der Waals surface area (Å²) in [5.74, 6) is -1.18. The van der Waals surface area contributed by atoms with E-state index in [2.05, 4.69) is 5.32 Å². The average Bonchev–Trinajstić information content (AvgIpc) is 2.46. The Balaban J connectivity index is 2.72. The molecule has 1 rings (SSSR count). The van der Waals surface area contributed by atoms with Gasteiger partial charge in [-0.3, -0.25) is 9.59 Å². The lowest BCUT2D eigenvalue weighted by molar-refractivity contribution is -0.128. The topological polar surface area (TPSA) is 55.4 Å². The van der Waals surface area contributed by atoms with Gasteiger partial charge in [0.25, 0.3) is 5.91 Å². The number of halogens is 1. The Hall–Kier alpha value is -1.91. The molecule has 4 nitrogen and oxygen atoms in total. The lowest BCUT2D eigenvalue weighted by Crippen LogP contribution is -2.42. The van der Waals surface area contributed by atoms with Crippen molar-refractivity contribution >= 4 is 11.7 Å². The fraction of sp³-hybridized carbons (Fsp3) is 0.500. The van der Waals surface area contributed by atoms with Crippen LogP contribution in [0, 0.1) is 5.82 Å². The van der Waals surface area contributed by atoms with E-state index in [1.807, 2.05) is 13.8 Å². The van der Waals surface area contributed by atoms with E-state index in [1.165, 1.54) is 19.1 Å². The van der Waals surface area contributed by atoms with Crippen molar-refractivity contribution in [2.75, 3.05) is 0 Å². The zero-order valence-electron chi connectivity index (χ0n) is 12.9. The second-order valence-corrected chi connectivity index (χ2v) is 4.98. The highest BCUT2D eigenvalue weighted by Crippen LogP contribution is 2.20. The first-order valence-electron chi connectivity index (χ1n) is 7.16. The number of carbonyl (C=O) groups excluding carboxylic acids is 2. The van der Waals surface area contributed by atoms with Gasteiger partial charge in [0, 0.05) is 11.6 Å². The number of hydrogen-bond donors (Lipinski definition) is 1. The Morgan fingerprint density at radius 2 is 1.90 bits per heavy atom. The summed E-state index contributed by atoms with van der Waals surface area (Å²) in [4.78, 5) is 23.1. The fourth-order valence-electron chi connectivity index (χ4n) is 1.87. The maximum absolute atomic E-state index is 13.8. The largest absolute Gasteiger partial charge is 0.478 e. The first-order chi connectivity index (χ1) is 9.88. The van der Waals surface area contributed by atoms with E-state index >= 15 is 0 Å². The normalized spacial score (nSPS) is 12.1. The summed E-state index contributed by atoms with van der Waals surface area (Å²) in [6, 6.07) is 4.05. The van der Waals surface area contributed by atoms with Gasteiger partial charge in [-0.05, 0) is 44.9 Å². The second kappa shape index (κ2) is 7.76. The molecular weight excluding hydrogens is 273 g/mol. The zero-order valence-corrected chi connectivity index (χ0v) is 12.9. The molecule has 0 saturated heterocycles. The minimum atomic E-state index is -0.803. The van der Waals surface area contributed by atoms with Gasteiger partial charge in [-0.15, -0.1) is 0 Å². The molecule has 0 aromatic heterocycles. The Morgan fingerprint density at radius 1 is 1.29 bits per heavy atom. The smallest absolute Gasteiger partial charge is 0.260 e. The Labute approximate surface area is 124 Å². The number of carbonyl (C=O) groups is 2. The van der Waals surface area contributed by atoms with Crippen LogP contribution in [0.5, 0.6) is 5.75 Å². The summed E-state index contributed by atoms with van der Waals surface area (Å²) in [5, 5.41) is 2.84. The number of hydrogen-bond acceptors (Lipinski definition) is 3. The van der Waals surface area contributed by atoms with Gasteiger partial charge >= 0.3 is 0 Å². The highest BCUT2D eigenvalue weighted by molar-refractivity contribution is 5.94. The highest BCUT2D eigenvalue weighted by Gasteiger charge is 2.19. The van der Waals surface area contributed by atoms with E-state index in [9.17, 15) is 14.0 Å². The van der Waals surface area contributed by atoms with Crippen molar-refractivity contribution in [2.24, 2.45) is 0 Å². The van der Waals surface area contributed by atoms with Crippen LogP contribution in [0.25, 0.3) is 0 Å². The van der Waals surface area contributed by atoms with E-state index < -0.39 is 11.9 Å². The molecule has 0 saturated carbocycles. The summed E-state index contributed by atoms with van der Waals surface area (Å²) in [5.41, 5.74) is 0.272. The molecule has 0 aliphatic carbocycles. The second-order valence-electron chi connectivity index (χ2n) is 4.98. The van der Waals surface area contributed by atoms with Crippen LogP contribution < -0.4 is 10.1 Å². The van der Waals surface area contributed by atoms with Crippen LogP contribution in [-0.2, 0) is 4.79 Å². The third-order valence-electron chi connectivity index (χ3n) is 3.34. The average molecular weight is 295 g/mol. The molecular formula is C16H22FNO3. The highest BCUT2D eigenvalue weighted by atomic mass is 19.1. The molecule has 21 heavy (non-hydrogen) atoms. The standard InChI is InChI=1S/C16H22FNO3/c1-5-13(6-2)18-16(20)11(4)21-15-8-7-12(10(3)19)9-14(15)17/h7-9,11,13H,5-6H2,1-4H3,(H,18,20). The third-order valence-corrected chi connectivity index (χ3v) is 3.34. The molecule has 0 bridgehead atoms. The molecule has 1 atom stereocenters. The molecule has 1 aromatic rings. The van der Waals surface area contributed by atoms with Gasteiger partial charge in [-0.2, -0.15) is 0 Å². The lowest BCUT2D eigenvalue weighted by Gasteiger charge is -2.19. The van der Waals surface area contributed by atoms with Gasteiger partial charge in [0.15, 0.2) is 23.5 Å². The summed E-state index contributed by atoms with van der Waals surface area (Å²) in [6.07, 6.45) is 0.857. The van der Waals surface area contributed by atoms with Gasteiger partial charge in [0.1, 0.15) is 0 Å². The molecule has 1 amide bonds. The van der Waals surface area contributed by atoms with Crippen LogP contribution in [0.3, 0.4) is 0 Å². The van der Waals surface area contributed by atoms with Crippen molar-refractivity contribution in [3.63, 3.8) is 0 Å². The fourth-order valence-corrected chi connectivity index (χ4v) is 1.87. The molecule has 0 spiro atoms. The van der Waals surface area contributed by atoms with Crippen LogP contribution in [0.15, 0.2) is 18.2 Å². The van der Waals surface area contributed by atoms with E-state index in [1.54, 1.807) is 6.92 Å². The molecule has 5 heteroatoms. The van der Waals surface area contributed by atoms with Crippen LogP contribution >= 0.6 is 0 Å². The molecule has 1 unspecified atom stereocenters. The van der Waals surface area contributed by atoms with E-state index in [4.69, 9.17) is 4.74 Å².